The Labute approximate surface area is 252 Å². The van der Waals surface area contributed by atoms with Crippen LogP contribution in [-0.2, 0) is 5.41 Å². The van der Waals surface area contributed by atoms with Gasteiger partial charge in [-0.15, -0.1) is 0 Å². The highest BCUT2D eigenvalue weighted by Gasteiger charge is 2.47. The zero-order chi connectivity index (χ0) is 29.9. The molecule has 4 aromatic carbocycles. The van der Waals surface area contributed by atoms with Crippen LogP contribution in [0.25, 0.3) is 33.9 Å². The average Bonchev–Trinajstić information content (AvgIpc) is 3.29. The van der Waals surface area contributed by atoms with Gasteiger partial charge in [0.2, 0.25) is 0 Å². The van der Waals surface area contributed by atoms with Crippen LogP contribution in [0.1, 0.15) is 55.6 Å². The van der Waals surface area contributed by atoms with E-state index in [0.717, 1.165) is 22.3 Å². The average molecular weight is 561 g/mol. The maximum atomic E-state index is 4.57. The van der Waals surface area contributed by atoms with E-state index in [4.69, 9.17) is 0 Å². The van der Waals surface area contributed by atoms with E-state index in [9.17, 15) is 0 Å². The first-order valence-electron chi connectivity index (χ1n) is 14.5. The molecule has 0 bridgehead atoms. The number of fused-ring (bicyclic) bond motifs is 3. The van der Waals surface area contributed by atoms with E-state index in [1.807, 2.05) is 0 Å². The lowest BCUT2D eigenvalue weighted by Gasteiger charge is -2.36. The second-order valence-electron chi connectivity index (χ2n) is 11.7. The fourth-order valence-electron chi connectivity index (χ4n) is 6.71. The van der Waals surface area contributed by atoms with E-state index in [-0.39, 0.29) is 0 Å². The summed E-state index contributed by atoms with van der Waals surface area (Å²) in [5.74, 6) is 1.34. The topological polar surface area (TPSA) is 77.3 Å². The Morgan fingerprint density at radius 1 is 0.442 bits per heavy atom. The third kappa shape index (κ3) is 4.08. The monoisotopic (exact) mass is 560 g/mol. The Balaban J connectivity index is 1.66. The molecular weight excluding hydrogens is 528 g/mol. The molecule has 0 saturated carbocycles. The van der Waals surface area contributed by atoms with Crippen LogP contribution in [0.3, 0.4) is 0 Å². The zero-order valence-corrected chi connectivity index (χ0v) is 25.3. The molecule has 210 valence electrons. The lowest BCUT2D eigenvalue weighted by atomic mass is 9.65. The van der Waals surface area contributed by atoms with Gasteiger partial charge in [0.15, 0.2) is 11.6 Å². The van der Waals surface area contributed by atoms with Gasteiger partial charge in [0.1, 0.15) is 25.3 Å². The maximum Gasteiger partial charge on any atom is 0.162 e. The fraction of sp³-hybridized carbons (Fsp3) is 0.189. The number of rotatable bonds is 4. The van der Waals surface area contributed by atoms with Crippen molar-refractivity contribution in [1.29, 1.82) is 0 Å². The van der Waals surface area contributed by atoms with Crippen molar-refractivity contribution in [1.82, 2.24) is 29.9 Å². The summed E-state index contributed by atoms with van der Waals surface area (Å²) in [7, 11) is 0. The maximum absolute atomic E-state index is 4.57. The Bertz CT molecular complexity index is 1880. The van der Waals surface area contributed by atoms with E-state index >= 15 is 0 Å². The molecule has 0 atom stereocenters. The van der Waals surface area contributed by atoms with Gasteiger partial charge in [-0.2, -0.15) is 0 Å². The van der Waals surface area contributed by atoms with Crippen LogP contribution in [0.2, 0.25) is 0 Å². The predicted molar refractivity (Wildman–Crippen MR) is 170 cm³/mol. The lowest BCUT2D eigenvalue weighted by Crippen LogP contribution is -2.29. The molecule has 0 spiro atoms. The van der Waals surface area contributed by atoms with E-state index in [1.54, 1.807) is 25.3 Å². The molecule has 2 aromatic heterocycles. The molecule has 6 aromatic rings. The molecule has 0 fully saturated rings. The number of aromatic nitrogens is 6. The molecular formula is C37H32N6. The van der Waals surface area contributed by atoms with Gasteiger partial charge in [-0.3, -0.25) is 0 Å². The van der Waals surface area contributed by atoms with Gasteiger partial charge in [-0.05, 0) is 109 Å². The minimum Gasteiger partial charge on any atom is -0.225 e. The number of aryl methyl sites for hydroxylation is 4. The van der Waals surface area contributed by atoms with Crippen molar-refractivity contribution in [2.45, 2.75) is 47.0 Å². The summed E-state index contributed by atoms with van der Waals surface area (Å²) < 4.78 is 0. The van der Waals surface area contributed by atoms with Crippen molar-refractivity contribution in [3.05, 3.63) is 142 Å². The third-order valence-corrected chi connectivity index (χ3v) is 9.12. The van der Waals surface area contributed by atoms with Crippen LogP contribution in [-0.4, -0.2) is 29.9 Å². The summed E-state index contributed by atoms with van der Waals surface area (Å²) in [5.41, 5.74) is 15.9. The molecule has 0 unspecified atom stereocenters. The molecule has 6 heteroatoms. The quantitative estimate of drug-likeness (QED) is 0.221. The SMILES string of the molecule is Cc1ccc2c(c1)C(c1cc(C)c(C)c(-c3ncncn3)c1)(c1cc(C)c(C)c(-c3ncncn3)c1)c1cc(C)ccc1-2. The zero-order valence-electron chi connectivity index (χ0n) is 25.3. The van der Waals surface area contributed by atoms with E-state index in [0.29, 0.717) is 11.6 Å². The van der Waals surface area contributed by atoms with Crippen molar-refractivity contribution in [3.8, 4) is 33.9 Å². The van der Waals surface area contributed by atoms with Crippen molar-refractivity contribution >= 4 is 0 Å². The predicted octanol–water partition coefficient (Wildman–Crippen LogP) is 7.60. The minimum atomic E-state index is -0.608. The third-order valence-electron chi connectivity index (χ3n) is 9.12. The smallest absolute Gasteiger partial charge is 0.162 e. The van der Waals surface area contributed by atoms with Gasteiger partial charge >= 0.3 is 0 Å². The summed E-state index contributed by atoms with van der Waals surface area (Å²) in [4.78, 5) is 26.4. The molecule has 0 saturated heterocycles. The highest BCUT2D eigenvalue weighted by molar-refractivity contribution is 5.88. The number of hydrogen-bond acceptors (Lipinski definition) is 6. The van der Waals surface area contributed by atoms with Crippen LogP contribution in [0.15, 0.2) is 86.0 Å². The van der Waals surface area contributed by atoms with Crippen LogP contribution >= 0.6 is 0 Å². The lowest BCUT2D eigenvalue weighted by molar-refractivity contribution is 0.763. The number of benzene rings is 4. The van der Waals surface area contributed by atoms with E-state index in [1.165, 1.54) is 55.6 Å². The van der Waals surface area contributed by atoms with Crippen molar-refractivity contribution < 1.29 is 0 Å². The van der Waals surface area contributed by atoms with Gasteiger partial charge in [-0.1, -0.05) is 59.7 Å². The van der Waals surface area contributed by atoms with E-state index < -0.39 is 5.41 Å². The summed E-state index contributed by atoms with van der Waals surface area (Å²) >= 11 is 0. The Hall–Kier alpha value is -5.10. The summed E-state index contributed by atoms with van der Waals surface area (Å²) in [5, 5.41) is 0. The van der Waals surface area contributed by atoms with Crippen molar-refractivity contribution in [2.24, 2.45) is 0 Å². The molecule has 1 aliphatic carbocycles. The van der Waals surface area contributed by atoms with Gasteiger partial charge in [-0.25, -0.2) is 29.9 Å². The van der Waals surface area contributed by atoms with Crippen LogP contribution in [0.5, 0.6) is 0 Å². The first-order chi connectivity index (χ1) is 20.8. The molecule has 0 radical (unpaired) electrons. The second kappa shape index (κ2) is 10.0. The molecule has 43 heavy (non-hydrogen) atoms. The fourth-order valence-corrected chi connectivity index (χ4v) is 6.71. The minimum absolute atomic E-state index is 0.608. The standard InChI is InChI=1S/C37H32N6/c1-21-7-9-29-30-10-8-22(2)12-34(30)37(33(29)11-21,27-13-23(3)25(5)31(15-27)35-40-17-38-18-41-35)28-14-24(4)26(6)32(16-28)36-42-19-39-20-43-36/h7-20H,1-6H3. The highest BCUT2D eigenvalue weighted by atomic mass is 15.0. The molecule has 0 N–H and O–H groups in total. The number of hydrogen-bond donors (Lipinski definition) is 0. The highest BCUT2D eigenvalue weighted by Crippen LogP contribution is 2.57. The summed E-state index contributed by atoms with van der Waals surface area (Å²) in [6, 6.07) is 23.0. The molecule has 0 aliphatic heterocycles. The summed E-state index contributed by atoms with van der Waals surface area (Å²) in [6.45, 7) is 13.0. The van der Waals surface area contributed by atoms with Crippen molar-refractivity contribution in [3.63, 3.8) is 0 Å². The molecule has 1 aliphatic rings. The molecule has 0 amide bonds. The van der Waals surface area contributed by atoms with Crippen LogP contribution in [0.4, 0.5) is 0 Å². The Morgan fingerprint density at radius 3 is 1.23 bits per heavy atom. The van der Waals surface area contributed by atoms with Gasteiger partial charge < -0.3 is 0 Å². The first-order valence-corrected chi connectivity index (χ1v) is 14.5. The van der Waals surface area contributed by atoms with Gasteiger partial charge in [0.25, 0.3) is 0 Å². The normalized spacial score (nSPS) is 13.1. The number of nitrogens with zero attached hydrogens (tertiary/aromatic N) is 6. The Morgan fingerprint density at radius 2 is 0.837 bits per heavy atom. The largest absolute Gasteiger partial charge is 0.225 e. The van der Waals surface area contributed by atoms with Gasteiger partial charge in [0, 0.05) is 11.1 Å². The van der Waals surface area contributed by atoms with Crippen LogP contribution < -0.4 is 0 Å². The van der Waals surface area contributed by atoms with Crippen LogP contribution in [0, 0.1) is 41.5 Å². The van der Waals surface area contributed by atoms with E-state index in [2.05, 4.69) is 132 Å². The van der Waals surface area contributed by atoms with Crippen molar-refractivity contribution in [2.75, 3.05) is 0 Å². The first kappa shape index (κ1) is 26.8. The molecule has 2 heterocycles. The molecule has 6 nitrogen and oxygen atoms in total. The van der Waals surface area contributed by atoms with Gasteiger partial charge in [0.05, 0.1) is 5.41 Å². The molecule has 7 rings (SSSR count). The summed E-state index contributed by atoms with van der Waals surface area (Å²) in [6.07, 6.45) is 6.26. The Kier molecular flexibility index (Phi) is 6.24. The second-order valence-corrected chi connectivity index (χ2v) is 11.7.